The van der Waals surface area contributed by atoms with Crippen molar-refractivity contribution >= 4 is 11.6 Å². The molecule has 0 aliphatic heterocycles. The van der Waals surface area contributed by atoms with Crippen LogP contribution in [0.15, 0.2) is 24.3 Å². The number of carbonyl (C=O) groups excluding carboxylic acids is 1. The van der Waals surface area contributed by atoms with Gasteiger partial charge >= 0.3 is 0 Å². The smallest absolute Gasteiger partial charge is 0.231 e. The number of amides is 1. The Labute approximate surface area is 114 Å². The van der Waals surface area contributed by atoms with E-state index in [1.165, 1.54) is 0 Å². The highest BCUT2D eigenvalue weighted by molar-refractivity contribution is 5.75. The number of primary amides is 1. The van der Waals surface area contributed by atoms with Gasteiger partial charge in [0.25, 0.3) is 0 Å². The molecule has 0 spiro atoms. The van der Waals surface area contributed by atoms with Gasteiger partial charge < -0.3 is 16.2 Å². The molecule has 0 fully saturated rings. The first kappa shape index (κ1) is 15.5. The summed E-state index contributed by atoms with van der Waals surface area (Å²) in [6.07, 6.45) is 0.869. The quantitative estimate of drug-likeness (QED) is 0.515. The molecular weight excluding hydrogens is 242 g/mol. The maximum absolute atomic E-state index is 11.1. The maximum Gasteiger partial charge on any atom is 0.231 e. The lowest BCUT2D eigenvalue weighted by molar-refractivity contribution is -0.119. The summed E-state index contributed by atoms with van der Waals surface area (Å²) in [7, 11) is 0. The molecule has 0 bridgehead atoms. The van der Waals surface area contributed by atoms with Gasteiger partial charge in [0.05, 0.1) is 6.54 Å². The number of rotatable bonds is 9. The van der Waals surface area contributed by atoms with Crippen molar-refractivity contribution in [1.29, 1.82) is 0 Å². The lowest BCUT2D eigenvalue weighted by Crippen LogP contribution is -2.34. The van der Waals surface area contributed by atoms with Crippen molar-refractivity contribution in [2.75, 3.05) is 32.0 Å². The fraction of sp³-hybridized carbons (Fsp3) is 0.500. The monoisotopic (exact) mass is 265 g/mol. The zero-order valence-corrected chi connectivity index (χ0v) is 11.5. The van der Waals surface area contributed by atoms with E-state index in [9.17, 15) is 4.79 Å². The zero-order valence-electron chi connectivity index (χ0n) is 11.5. The molecule has 0 radical (unpaired) electrons. The van der Waals surface area contributed by atoms with E-state index in [0.717, 1.165) is 24.2 Å². The highest BCUT2D eigenvalue weighted by Crippen LogP contribution is 2.13. The minimum absolute atomic E-state index is 0.237. The SMILES string of the molecule is CCOCCCN(CC(N)=O)Cc1ccccc1N. The molecule has 1 rings (SSSR count). The summed E-state index contributed by atoms with van der Waals surface area (Å²) in [6, 6.07) is 7.66. The second-order valence-electron chi connectivity index (χ2n) is 4.43. The van der Waals surface area contributed by atoms with E-state index < -0.39 is 0 Å². The van der Waals surface area contributed by atoms with Gasteiger partial charge in [-0.25, -0.2) is 0 Å². The minimum Gasteiger partial charge on any atom is -0.398 e. The van der Waals surface area contributed by atoms with E-state index >= 15 is 0 Å². The summed E-state index contributed by atoms with van der Waals surface area (Å²) in [6.45, 7) is 4.99. The Morgan fingerprint density at radius 3 is 2.74 bits per heavy atom. The first-order valence-corrected chi connectivity index (χ1v) is 6.55. The number of hydrogen-bond acceptors (Lipinski definition) is 4. The summed E-state index contributed by atoms with van der Waals surface area (Å²) in [5, 5.41) is 0. The van der Waals surface area contributed by atoms with E-state index in [2.05, 4.69) is 0 Å². The molecule has 0 unspecified atom stereocenters. The molecule has 0 atom stereocenters. The topological polar surface area (TPSA) is 81.6 Å². The van der Waals surface area contributed by atoms with Gasteiger partial charge in [0.2, 0.25) is 5.91 Å². The molecule has 0 aliphatic rings. The lowest BCUT2D eigenvalue weighted by Gasteiger charge is -2.21. The van der Waals surface area contributed by atoms with Crippen molar-refractivity contribution in [2.24, 2.45) is 5.73 Å². The van der Waals surface area contributed by atoms with Gasteiger partial charge in [0, 0.05) is 32.0 Å². The molecule has 0 saturated carbocycles. The van der Waals surface area contributed by atoms with Crippen LogP contribution in [0.4, 0.5) is 5.69 Å². The van der Waals surface area contributed by atoms with Crippen molar-refractivity contribution < 1.29 is 9.53 Å². The number of benzene rings is 1. The second kappa shape index (κ2) is 8.50. The Balaban J connectivity index is 2.53. The van der Waals surface area contributed by atoms with Crippen molar-refractivity contribution in [3.63, 3.8) is 0 Å². The number of ether oxygens (including phenoxy) is 1. The van der Waals surface area contributed by atoms with Gasteiger partial charge in [-0.1, -0.05) is 18.2 Å². The first-order valence-electron chi connectivity index (χ1n) is 6.55. The highest BCUT2D eigenvalue weighted by atomic mass is 16.5. The predicted molar refractivity (Wildman–Crippen MR) is 76.4 cm³/mol. The number of nitrogens with zero attached hydrogens (tertiary/aromatic N) is 1. The van der Waals surface area contributed by atoms with Crippen LogP contribution < -0.4 is 11.5 Å². The Kier molecular flexibility index (Phi) is 6.92. The zero-order chi connectivity index (χ0) is 14.1. The third-order valence-electron chi connectivity index (χ3n) is 2.80. The van der Waals surface area contributed by atoms with Gasteiger partial charge in [-0.15, -0.1) is 0 Å². The molecule has 5 heteroatoms. The van der Waals surface area contributed by atoms with Crippen LogP contribution in [0, 0.1) is 0 Å². The van der Waals surface area contributed by atoms with Crippen LogP contribution in [-0.4, -0.2) is 37.1 Å². The summed E-state index contributed by atoms with van der Waals surface area (Å²) in [5.41, 5.74) is 12.9. The Morgan fingerprint density at radius 2 is 2.11 bits per heavy atom. The number of nitrogen functional groups attached to an aromatic ring is 1. The summed E-state index contributed by atoms with van der Waals surface area (Å²) < 4.78 is 5.30. The van der Waals surface area contributed by atoms with Crippen molar-refractivity contribution in [1.82, 2.24) is 4.90 Å². The largest absolute Gasteiger partial charge is 0.398 e. The van der Waals surface area contributed by atoms with Gasteiger partial charge in [0.1, 0.15) is 0 Å². The average molecular weight is 265 g/mol. The normalized spacial score (nSPS) is 10.8. The van der Waals surface area contributed by atoms with Crippen LogP contribution in [0.25, 0.3) is 0 Å². The van der Waals surface area contributed by atoms with Crippen LogP contribution >= 0.6 is 0 Å². The first-order chi connectivity index (χ1) is 9.13. The van der Waals surface area contributed by atoms with E-state index in [4.69, 9.17) is 16.2 Å². The lowest BCUT2D eigenvalue weighted by atomic mass is 10.1. The molecule has 0 heterocycles. The molecule has 1 amide bonds. The summed E-state index contributed by atoms with van der Waals surface area (Å²) in [4.78, 5) is 13.1. The molecule has 106 valence electrons. The minimum atomic E-state index is -0.328. The van der Waals surface area contributed by atoms with Gasteiger partial charge in [0.15, 0.2) is 0 Å². The Bertz CT molecular complexity index is 396. The molecule has 4 N–H and O–H groups in total. The fourth-order valence-electron chi connectivity index (χ4n) is 1.89. The molecule has 5 nitrogen and oxygen atoms in total. The van der Waals surface area contributed by atoms with Crippen LogP contribution in [0.5, 0.6) is 0 Å². The third kappa shape index (κ3) is 6.22. The van der Waals surface area contributed by atoms with E-state index in [-0.39, 0.29) is 12.5 Å². The summed E-state index contributed by atoms with van der Waals surface area (Å²) in [5.74, 6) is -0.328. The second-order valence-corrected chi connectivity index (χ2v) is 4.43. The third-order valence-corrected chi connectivity index (χ3v) is 2.80. The molecule has 0 aromatic heterocycles. The molecular formula is C14H23N3O2. The Morgan fingerprint density at radius 1 is 1.37 bits per heavy atom. The average Bonchev–Trinajstić information content (AvgIpc) is 2.36. The van der Waals surface area contributed by atoms with Crippen LogP contribution in [0.3, 0.4) is 0 Å². The van der Waals surface area contributed by atoms with E-state index in [0.29, 0.717) is 19.8 Å². The van der Waals surface area contributed by atoms with E-state index in [1.807, 2.05) is 36.1 Å². The van der Waals surface area contributed by atoms with Crippen LogP contribution in [-0.2, 0) is 16.1 Å². The number of para-hydroxylation sites is 1. The molecule has 1 aromatic rings. The number of hydrogen-bond donors (Lipinski definition) is 2. The van der Waals surface area contributed by atoms with Crippen molar-refractivity contribution in [2.45, 2.75) is 19.9 Å². The van der Waals surface area contributed by atoms with Crippen LogP contribution in [0.2, 0.25) is 0 Å². The van der Waals surface area contributed by atoms with Crippen molar-refractivity contribution in [3.8, 4) is 0 Å². The van der Waals surface area contributed by atoms with E-state index in [1.54, 1.807) is 0 Å². The van der Waals surface area contributed by atoms with Crippen molar-refractivity contribution in [3.05, 3.63) is 29.8 Å². The van der Waals surface area contributed by atoms with Gasteiger partial charge in [-0.05, 0) is 25.0 Å². The Hall–Kier alpha value is -1.59. The van der Waals surface area contributed by atoms with Crippen LogP contribution in [0.1, 0.15) is 18.9 Å². The molecule has 1 aromatic carbocycles. The number of anilines is 1. The maximum atomic E-state index is 11.1. The predicted octanol–water partition coefficient (Wildman–Crippen LogP) is 0.983. The van der Waals surface area contributed by atoms with Gasteiger partial charge in [-0.2, -0.15) is 0 Å². The molecule has 0 aliphatic carbocycles. The summed E-state index contributed by atoms with van der Waals surface area (Å²) >= 11 is 0. The fourth-order valence-corrected chi connectivity index (χ4v) is 1.89. The van der Waals surface area contributed by atoms with Gasteiger partial charge in [-0.3, -0.25) is 9.69 Å². The highest BCUT2D eigenvalue weighted by Gasteiger charge is 2.10. The standard InChI is InChI=1S/C14H23N3O2/c1-2-19-9-5-8-17(11-14(16)18)10-12-6-3-4-7-13(12)15/h3-4,6-7H,2,5,8-11,15H2,1H3,(H2,16,18). The molecule has 19 heavy (non-hydrogen) atoms. The molecule has 0 saturated heterocycles. The number of carbonyl (C=O) groups is 1. The number of nitrogens with two attached hydrogens (primary N) is 2.